The summed E-state index contributed by atoms with van der Waals surface area (Å²) in [7, 11) is 2.16. The number of H-pyrrole nitrogens is 2. The molecular formula is C38H38N6O2. The van der Waals surface area contributed by atoms with Crippen LogP contribution in [0, 0.1) is 0 Å². The first-order chi connectivity index (χ1) is 22.4. The molecule has 3 aromatic heterocycles. The van der Waals surface area contributed by atoms with E-state index in [2.05, 4.69) is 125 Å². The highest BCUT2D eigenvalue weighted by molar-refractivity contribution is 5.71. The van der Waals surface area contributed by atoms with Gasteiger partial charge in [0.2, 0.25) is 6.79 Å². The van der Waals surface area contributed by atoms with Gasteiger partial charge in [-0.15, -0.1) is 0 Å². The lowest BCUT2D eigenvalue weighted by molar-refractivity contribution is 0.174. The summed E-state index contributed by atoms with van der Waals surface area (Å²) < 4.78 is 11.0. The fourth-order valence-electron chi connectivity index (χ4n) is 5.81. The predicted molar refractivity (Wildman–Crippen MR) is 183 cm³/mol. The lowest BCUT2D eigenvalue weighted by Gasteiger charge is -2.22. The average molecular weight is 611 g/mol. The summed E-state index contributed by atoms with van der Waals surface area (Å²) in [5, 5.41) is 15.6. The summed E-state index contributed by atoms with van der Waals surface area (Å²) in [6.45, 7) is 7.80. The third-order valence-corrected chi connectivity index (χ3v) is 8.78. The molecule has 0 bridgehead atoms. The highest BCUT2D eigenvalue weighted by atomic mass is 16.7. The molecule has 232 valence electrons. The molecule has 0 spiro atoms. The van der Waals surface area contributed by atoms with Gasteiger partial charge in [0.15, 0.2) is 11.5 Å². The standard InChI is InChI=1S/C38H38N6O2/c1-24(2)32-19-30(14-16-39-32)36-21-33(40-43-36)26-8-11-31(12-9-26)44(4)17-15-25(3)27-6-5-7-28(18-27)34-22-35(42-41-34)29-10-13-37-38(20-29)46-23-45-37/h5-14,16,18-22,24-25H,15,17,23H2,1-4H3,(H,40,43)(H,41,42)/t25-/m0/s1. The van der Waals surface area contributed by atoms with E-state index >= 15 is 0 Å². The van der Waals surface area contributed by atoms with Crippen LogP contribution in [0.5, 0.6) is 11.5 Å². The second-order valence-corrected chi connectivity index (χ2v) is 12.3. The normalized spacial score (nSPS) is 12.9. The lowest BCUT2D eigenvalue weighted by Crippen LogP contribution is -2.19. The van der Waals surface area contributed by atoms with Gasteiger partial charge in [0.1, 0.15) is 0 Å². The second kappa shape index (κ2) is 12.6. The number of pyridine rings is 1. The third kappa shape index (κ3) is 6.11. The molecule has 0 amide bonds. The van der Waals surface area contributed by atoms with Crippen molar-refractivity contribution in [2.45, 2.75) is 39.0 Å². The summed E-state index contributed by atoms with van der Waals surface area (Å²) in [6, 6.07) is 31.7. The van der Waals surface area contributed by atoms with Crippen molar-refractivity contribution >= 4 is 5.69 Å². The number of aromatic amines is 2. The molecule has 8 heteroatoms. The number of hydrogen-bond acceptors (Lipinski definition) is 6. The van der Waals surface area contributed by atoms with Crippen molar-refractivity contribution in [1.82, 2.24) is 25.4 Å². The second-order valence-electron chi connectivity index (χ2n) is 12.3. The zero-order valence-corrected chi connectivity index (χ0v) is 26.6. The number of anilines is 1. The number of fused-ring (bicyclic) bond motifs is 1. The molecule has 1 aliphatic rings. The molecule has 3 aromatic carbocycles. The van der Waals surface area contributed by atoms with Gasteiger partial charge in [-0.05, 0) is 90.0 Å². The number of nitrogens with one attached hydrogen (secondary N) is 2. The molecule has 46 heavy (non-hydrogen) atoms. The molecular weight excluding hydrogens is 572 g/mol. The van der Waals surface area contributed by atoms with Gasteiger partial charge in [0.05, 0.1) is 22.8 Å². The van der Waals surface area contributed by atoms with Gasteiger partial charge in [0, 0.05) is 47.9 Å². The quantitative estimate of drug-likeness (QED) is 0.161. The summed E-state index contributed by atoms with van der Waals surface area (Å²) in [5.74, 6) is 2.30. The Kier molecular flexibility index (Phi) is 8.01. The van der Waals surface area contributed by atoms with Crippen LogP contribution in [0.25, 0.3) is 45.0 Å². The molecule has 0 unspecified atom stereocenters. The number of nitrogens with zero attached hydrogens (tertiary/aromatic N) is 4. The van der Waals surface area contributed by atoms with E-state index < -0.39 is 0 Å². The molecule has 0 aliphatic carbocycles. The van der Waals surface area contributed by atoms with Crippen LogP contribution in [0.2, 0.25) is 0 Å². The average Bonchev–Trinajstić information content (AvgIpc) is 3.88. The van der Waals surface area contributed by atoms with Crippen LogP contribution in [0.1, 0.15) is 50.3 Å². The van der Waals surface area contributed by atoms with Gasteiger partial charge in [-0.3, -0.25) is 15.2 Å². The van der Waals surface area contributed by atoms with Crippen LogP contribution in [-0.4, -0.2) is 45.8 Å². The zero-order valence-electron chi connectivity index (χ0n) is 26.6. The molecule has 1 atom stereocenters. The van der Waals surface area contributed by atoms with E-state index in [1.54, 1.807) is 0 Å². The Balaban J connectivity index is 0.973. The first-order valence-electron chi connectivity index (χ1n) is 15.8. The van der Waals surface area contributed by atoms with Gasteiger partial charge >= 0.3 is 0 Å². The summed E-state index contributed by atoms with van der Waals surface area (Å²) in [4.78, 5) is 6.80. The van der Waals surface area contributed by atoms with Crippen LogP contribution < -0.4 is 14.4 Å². The monoisotopic (exact) mass is 610 g/mol. The van der Waals surface area contributed by atoms with Crippen LogP contribution in [0.15, 0.2) is 97.2 Å². The Bertz CT molecular complexity index is 1960. The molecule has 7 rings (SSSR count). The van der Waals surface area contributed by atoms with Gasteiger partial charge in [-0.25, -0.2) is 0 Å². The minimum atomic E-state index is 0.264. The summed E-state index contributed by atoms with van der Waals surface area (Å²) in [6.07, 6.45) is 2.89. The van der Waals surface area contributed by atoms with Crippen LogP contribution in [0.3, 0.4) is 0 Å². The first kappa shape index (κ1) is 29.3. The number of benzene rings is 3. The largest absolute Gasteiger partial charge is 0.454 e. The number of ether oxygens (including phenoxy) is 2. The highest BCUT2D eigenvalue weighted by Gasteiger charge is 2.16. The SMILES string of the molecule is CC(C)c1cc(-c2cc(-c3ccc(N(C)CC[C@H](C)c4cccc(-c5cc(-c6ccc7c(c6)OCO7)[nH]n5)c4)cc3)[nH]n2)ccn1. The van der Waals surface area contributed by atoms with Crippen molar-refractivity contribution < 1.29 is 9.47 Å². The highest BCUT2D eigenvalue weighted by Crippen LogP contribution is 2.36. The third-order valence-electron chi connectivity index (χ3n) is 8.78. The smallest absolute Gasteiger partial charge is 0.231 e. The Morgan fingerprint density at radius 1 is 0.717 bits per heavy atom. The molecule has 4 heterocycles. The Morgan fingerprint density at radius 2 is 1.41 bits per heavy atom. The maximum Gasteiger partial charge on any atom is 0.231 e. The van der Waals surface area contributed by atoms with Crippen LogP contribution >= 0.6 is 0 Å². The van der Waals surface area contributed by atoms with Crippen LogP contribution in [-0.2, 0) is 0 Å². The number of aromatic nitrogens is 5. The van der Waals surface area contributed by atoms with E-state index in [4.69, 9.17) is 9.47 Å². The van der Waals surface area contributed by atoms with Crippen molar-refractivity contribution in [3.05, 3.63) is 108 Å². The molecule has 0 saturated heterocycles. The molecule has 0 fully saturated rings. The predicted octanol–water partition coefficient (Wildman–Crippen LogP) is 8.68. The van der Waals surface area contributed by atoms with Gasteiger partial charge < -0.3 is 14.4 Å². The van der Waals surface area contributed by atoms with E-state index in [1.165, 1.54) is 11.3 Å². The zero-order chi connectivity index (χ0) is 31.6. The fourth-order valence-corrected chi connectivity index (χ4v) is 5.81. The van der Waals surface area contributed by atoms with Crippen molar-refractivity contribution in [2.24, 2.45) is 0 Å². The minimum absolute atomic E-state index is 0.264. The van der Waals surface area contributed by atoms with Crippen LogP contribution in [0.4, 0.5) is 5.69 Å². The Labute approximate surface area is 269 Å². The first-order valence-corrected chi connectivity index (χ1v) is 15.8. The maximum atomic E-state index is 5.54. The molecule has 0 radical (unpaired) electrons. The molecule has 1 aliphatic heterocycles. The van der Waals surface area contributed by atoms with E-state index in [1.807, 2.05) is 30.5 Å². The maximum absolute atomic E-state index is 5.54. The molecule has 8 nitrogen and oxygen atoms in total. The van der Waals surface area contributed by atoms with Crippen molar-refractivity contribution in [3.63, 3.8) is 0 Å². The van der Waals surface area contributed by atoms with E-state index in [9.17, 15) is 0 Å². The van der Waals surface area contributed by atoms with E-state index in [-0.39, 0.29) is 6.79 Å². The summed E-state index contributed by atoms with van der Waals surface area (Å²) >= 11 is 0. The van der Waals surface area contributed by atoms with E-state index in [0.717, 1.165) is 75.2 Å². The Hall–Kier alpha value is -5.37. The summed E-state index contributed by atoms with van der Waals surface area (Å²) in [5.41, 5.74) is 11.7. The van der Waals surface area contributed by atoms with Crippen molar-refractivity contribution in [2.75, 3.05) is 25.3 Å². The minimum Gasteiger partial charge on any atom is -0.454 e. The van der Waals surface area contributed by atoms with Gasteiger partial charge in [-0.2, -0.15) is 10.2 Å². The number of hydrogen-bond donors (Lipinski definition) is 2. The van der Waals surface area contributed by atoms with Crippen molar-refractivity contribution in [3.8, 4) is 56.5 Å². The van der Waals surface area contributed by atoms with E-state index in [0.29, 0.717) is 11.8 Å². The molecule has 0 saturated carbocycles. The topological polar surface area (TPSA) is 92.0 Å². The number of rotatable bonds is 10. The molecule has 6 aromatic rings. The van der Waals surface area contributed by atoms with Crippen molar-refractivity contribution in [1.29, 1.82) is 0 Å². The van der Waals surface area contributed by atoms with Gasteiger partial charge in [-0.1, -0.05) is 51.1 Å². The Morgan fingerprint density at radius 3 is 2.17 bits per heavy atom. The van der Waals surface area contributed by atoms with Gasteiger partial charge in [0.25, 0.3) is 0 Å². The fraction of sp³-hybridized carbons (Fsp3) is 0.237. The molecule has 2 N–H and O–H groups in total. The lowest BCUT2D eigenvalue weighted by atomic mass is 9.95.